The molecule has 0 radical (unpaired) electrons. The van der Waals surface area contributed by atoms with E-state index in [0.717, 1.165) is 17.0 Å². The summed E-state index contributed by atoms with van der Waals surface area (Å²) in [4.78, 5) is 8.76. The zero-order valence-electron chi connectivity index (χ0n) is 11.8. The van der Waals surface area contributed by atoms with Crippen LogP contribution >= 0.6 is 0 Å². The van der Waals surface area contributed by atoms with Gasteiger partial charge in [-0.15, -0.1) is 0 Å². The number of hydrogen-bond donors (Lipinski definition) is 0. The molecule has 3 rings (SSSR count). The van der Waals surface area contributed by atoms with Gasteiger partial charge in [0.25, 0.3) is 0 Å². The zero-order valence-corrected chi connectivity index (χ0v) is 11.8. The lowest BCUT2D eigenvalue weighted by molar-refractivity contribution is 0.242. The highest BCUT2D eigenvalue weighted by Crippen LogP contribution is 2.23. The maximum atomic E-state index is 5.63. The molecule has 2 heterocycles. The minimum atomic E-state index is 0.174. The molecule has 2 aromatic heterocycles. The molecule has 4 nitrogen and oxygen atoms in total. The quantitative estimate of drug-likeness (QED) is 0.720. The predicted molar refractivity (Wildman–Crippen MR) is 77.7 cm³/mol. The van der Waals surface area contributed by atoms with Crippen molar-refractivity contribution < 1.29 is 9.15 Å². The van der Waals surface area contributed by atoms with Crippen LogP contribution in [0.2, 0.25) is 0 Å². The number of aryl methyl sites for hydroxylation is 1. The summed E-state index contributed by atoms with van der Waals surface area (Å²) in [5.41, 5.74) is 3.26. The number of hydrogen-bond acceptors (Lipinski definition) is 4. The van der Waals surface area contributed by atoms with Crippen molar-refractivity contribution >= 4 is 11.2 Å². The first kappa shape index (κ1) is 12.7. The van der Waals surface area contributed by atoms with E-state index in [4.69, 9.17) is 9.15 Å². The van der Waals surface area contributed by atoms with Crippen LogP contribution in [0.1, 0.15) is 19.7 Å². The highest BCUT2D eigenvalue weighted by atomic mass is 16.5. The van der Waals surface area contributed by atoms with E-state index in [1.54, 1.807) is 0 Å². The van der Waals surface area contributed by atoms with Gasteiger partial charge in [0.05, 0.1) is 11.8 Å². The van der Waals surface area contributed by atoms with Crippen molar-refractivity contribution in [1.29, 1.82) is 0 Å². The first-order chi connectivity index (χ1) is 9.61. The van der Waals surface area contributed by atoms with Gasteiger partial charge in [0, 0.05) is 12.5 Å². The van der Waals surface area contributed by atoms with Crippen LogP contribution in [0.25, 0.3) is 22.5 Å². The Labute approximate surface area is 117 Å². The van der Waals surface area contributed by atoms with Gasteiger partial charge in [-0.25, -0.2) is 4.98 Å². The fourth-order valence-corrected chi connectivity index (χ4v) is 2.06. The number of aromatic nitrogens is 2. The van der Waals surface area contributed by atoms with Crippen LogP contribution in [-0.4, -0.2) is 16.1 Å². The maximum absolute atomic E-state index is 5.63. The molecule has 0 saturated heterocycles. The molecule has 0 amide bonds. The molecule has 0 aliphatic carbocycles. The Balaban J connectivity index is 1.93. The number of ether oxygens (including phenoxy) is 1. The molecule has 20 heavy (non-hydrogen) atoms. The van der Waals surface area contributed by atoms with Crippen LogP contribution in [-0.2, 0) is 0 Å². The van der Waals surface area contributed by atoms with E-state index >= 15 is 0 Å². The normalized spacial score (nSPS) is 11.2. The number of benzene rings is 1. The molecule has 0 saturated carbocycles. The molecule has 0 bridgehead atoms. The van der Waals surface area contributed by atoms with Crippen LogP contribution in [0, 0.1) is 6.92 Å². The molecule has 0 fully saturated rings. The molecular formula is C16H16N2O2. The standard InChI is InChI=1S/C16H16N2O2/c1-10(2)19-13-6-4-12(5-7-13)14-8-9-15-16(18-14)17-11(3)20-15/h4-10H,1-3H3. The molecule has 0 unspecified atom stereocenters. The van der Waals surface area contributed by atoms with E-state index in [1.165, 1.54) is 0 Å². The van der Waals surface area contributed by atoms with Gasteiger partial charge in [0.1, 0.15) is 5.75 Å². The monoisotopic (exact) mass is 268 g/mol. The number of oxazole rings is 1. The van der Waals surface area contributed by atoms with Crippen molar-refractivity contribution in [3.05, 3.63) is 42.3 Å². The summed E-state index contributed by atoms with van der Waals surface area (Å²) in [6.07, 6.45) is 0.174. The van der Waals surface area contributed by atoms with E-state index in [0.29, 0.717) is 17.1 Å². The van der Waals surface area contributed by atoms with Crippen LogP contribution in [0.4, 0.5) is 0 Å². The van der Waals surface area contributed by atoms with E-state index in [1.807, 2.05) is 57.2 Å². The topological polar surface area (TPSA) is 48.2 Å². The summed E-state index contributed by atoms with van der Waals surface area (Å²) in [7, 11) is 0. The van der Waals surface area contributed by atoms with Crippen molar-refractivity contribution in [1.82, 2.24) is 9.97 Å². The van der Waals surface area contributed by atoms with Gasteiger partial charge < -0.3 is 9.15 Å². The van der Waals surface area contributed by atoms with Gasteiger partial charge >= 0.3 is 0 Å². The Morgan fingerprint density at radius 3 is 2.45 bits per heavy atom. The number of pyridine rings is 1. The first-order valence-electron chi connectivity index (χ1n) is 6.63. The molecular weight excluding hydrogens is 252 g/mol. The van der Waals surface area contributed by atoms with Crippen molar-refractivity contribution in [2.45, 2.75) is 26.9 Å². The molecule has 0 aliphatic heterocycles. The molecule has 0 N–H and O–H groups in total. The molecule has 102 valence electrons. The average molecular weight is 268 g/mol. The lowest BCUT2D eigenvalue weighted by Crippen LogP contribution is -2.05. The zero-order chi connectivity index (χ0) is 14.1. The predicted octanol–water partition coefficient (Wildman–Crippen LogP) is 3.99. The van der Waals surface area contributed by atoms with Crippen LogP contribution in [0.15, 0.2) is 40.8 Å². The van der Waals surface area contributed by atoms with Gasteiger partial charge in [-0.2, -0.15) is 4.98 Å². The van der Waals surface area contributed by atoms with Crippen molar-refractivity contribution in [3.63, 3.8) is 0 Å². The third-order valence-electron chi connectivity index (χ3n) is 2.88. The third kappa shape index (κ3) is 2.50. The number of fused-ring (bicyclic) bond motifs is 1. The smallest absolute Gasteiger partial charge is 0.199 e. The SMILES string of the molecule is Cc1nc2nc(-c3ccc(OC(C)C)cc3)ccc2o1. The van der Waals surface area contributed by atoms with E-state index < -0.39 is 0 Å². The van der Waals surface area contributed by atoms with Gasteiger partial charge in [0.15, 0.2) is 17.1 Å². The largest absolute Gasteiger partial charge is 0.491 e. The summed E-state index contributed by atoms with van der Waals surface area (Å²) < 4.78 is 11.1. The Bertz CT molecular complexity index is 730. The second kappa shape index (κ2) is 4.96. The van der Waals surface area contributed by atoms with Crippen LogP contribution < -0.4 is 4.74 Å². The Kier molecular flexibility index (Phi) is 3.14. The third-order valence-corrected chi connectivity index (χ3v) is 2.88. The van der Waals surface area contributed by atoms with Crippen molar-refractivity contribution in [3.8, 4) is 17.0 Å². The Hall–Kier alpha value is -2.36. The van der Waals surface area contributed by atoms with Crippen LogP contribution in [0.3, 0.4) is 0 Å². The molecule has 1 aromatic carbocycles. The lowest BCUT2D eigenvalue weighted by atomic mass is 10.1. The minimum Gasteiger partial charge on any atom is -0.491 e. The first-order valence-corrected chi connectivity index (χ1v) is 6.63. The van der Waals surface area contributed by atoms with Crippen LogP contribution in [0.5, 0.6) is 5.75 Å². The summed E-state index contributed by atoms with van der Waals surface area (Å²) in [6, 6.07) is 11.7. The average Bonchev–Trinajstić information content (AvgIpc) is 2.78. The summed E-state index contributed by atoms with van der Waals surface area (Å²) in [5, 5.41) is 0. The minimum absolute atomic E-state index is 0.174. The number of nitrogens with zero attached hydrogens (tertiary/aromatic N) is 2. The van der Waals surface area contributed by atoms with Gasteiger partial charge in [-0.3, -0.25) is 0 Å². The summed E-state index contributed by atoms with van der Waals surface area (Å²) in [6.45, 7) is 5.84. The molecule has 0 spiro atoms. The fraction of sp³-hybridized carbons (Fsp3) is 0.250. The van der Waals surface area contributed by atoms with Gasteiger partial charge in [-0.05, 0) is 50.2 Å². The van der Waals surface area contributed by atoms with Gasteiger partial charge in [-0.1, -0.05) is 0 Å². The summed E-state index contributed by atoms with van der Waals surface area (Å²) in [5.74, 6) is 1.49. The maximum Gasteiger partial charge on any atom is 0.199 e. The van der Waals surface area contributed by atoms with Crippen molar-refractivity contribution in [2.24, 2.45) is 0 Å². The van der Waals surface area contributed by atoms with E-state index in [-0.39, 0.29) is 6.10 Å². The van der Waals surface area contributed by atoms with E-state index in [9.17, 15) is 0 Å². The highest BCUT2D eigenvalue weighted by molar-refractivity contribution is 5.73. The fourth-order valence-electron chi connectivity index (χ4n) is 2.06. The number of rotatable bonds is 3. The molecule has 3 aromatic rings. The Morgan fingerprint density at radius 2 is 1.75 bits per heavy atom. The second-order valence-corrected chi connectivity index (χ2v) is 4.94. The second-order valence-electron chi connectivity index (χ2n) is 4.94. The van der Waals surface area contributed by atoms with E-state index in [2.05, 4.69) is 9.97 Å². The Morgan fingerprint density at radius 1 is 1.00 bits per heavy atom. The van der Waals surface area contributed by atoms with Crippen molar-refractivity contribution in [2.75, 3.05) is 0 Å². The molecule has 4 heteroatoms. The molecule has 0 atom stereocenters. The molecule has 0 aliphatic rings. The van der Waals surface area contributed by atoms with Gasteiger partial charge in [0.2, 0.25) is 0 Å². The highest BCUT2D eigenvalue weighted by Gasteiger charge is 2.07. The summed E-state index contributed by atoms with van der Waals surface area (Å²) >= 11 is 0. The lowest BCUT2D eigenvalue weighted by Gasteiger charge is -2.09.